The summed E-state index contributed by atoms with van der Waals surface area (Å²) in [7, 11) is 0. The standard InChI is InChI=1S/C17H18N2O4/c1-10(2)6-15-18-16(23-19-15)9-21-12-4-5-13-11(3)7-17(20)22-14(13)8-12/h4-5,7-8,10H,6,9H2,1-3H3. The summed E-state index contributed by atoms with van der Waals surface area (Å²) in [6, 6.07) is 6.84. The van der Waals surface area contributed by atoms with Crippen LogP contribution in [-0.4, -0.2) is 10.1 Å². The number of fused-ring (bicyclic) bond motifs is 1. The molecule has 1 aromatic carbocycles. The third-order valence-corrected chi connectivity index (χ3v) is 3.39. The SMILES string of the molecule is Cc1cc(=O)oc2cc(OCc3nc(CC(C)C)no3)ccc12. The van der Waals surface area contributed by atoms with Gasteiger partial charge in [-0.2, -0.15) is 4.98 Å². The topological polar surface area (TPSA) is 78.4 Å². The Morgan fingerprint density at radius 3 is 2.87 bits per heavy atom. The van der Waals surface area contributed by atoms with Crippen molar-refractivity contribution in [1.82, 2.24) is 10.1 Å². The molecule has 120 valence electrons. The van der Waals surface area contributed by atoms with Crippen LogP contribution in [0.2, 0.25) is 0 Å². The molecule has 0 fully saturated rings. The highest BCUT2D eigenvalue weighted by Crippen LogP contribution is 2.22. The number of hydrogen-bond donors (Lipinski definition) is 0. The number of aryl methyl sites for hydroxylation is 1. The van der Waals surface area contributed by atoms with E-state index in [0.29, 0.717) is 29.0 Å². The maximum atomic E-state index is 11.4. The molecule has 23 heavy (non-hydrogen) atoms. The average Bonchev–Trinajstić information content (AvgIpc) is 2.91. The molecule has 2 heterocycles. The fourth-order valence-electron chi connectivity index (χ4n) is 2.34. The van der Waals surface area contributed by atoms with Crippen LogP contribution in [0.25, 0.3) is 11.0 Å². The van der Waals surface area contributed by atoms with Gasteiger partial charge in [0.2, 0.25) is 0 Å². The number of rotatable bonds is 5. The van der Waals surface area contributed by atoms with E-state index in [1.54, 1.807) is 6.07 Å². The summed E-state index contributed by atoms with van der Waals surface area (Å²) in [5.74, 6) is 2.15. The van der Waals surface area contributed by atoms with Crippen molar-refractivity contribution < 1.29 is 13.7 Å². The van der Waals surface area contributed by atoms with Crippen molar-refractivity contribution in [2.45, 2.75) is 33.8 Å². The first-order valence-corrected chi connectivity index (χ1v) is 7.50. The molecular weight excluding hydrogens is 296 g/mol. The first-order chi connectivity index (χ1) is 11.0. The number of benzene rings is 1. The fourth-order valence-corrected chi connectivity index (χ4v) is 2.34. The molecule has 6 heteroatoms. The van der Waals surface area contributed by atoms with Crippen LogP contribution < -0.4 is 10.4 Å². The first-order valence-electron chi connectivity index (χ1n) is 7.50. The Morgan fingerprint density at radius 2 is 2.09 bits per heavy atom. The van der Waals surface area contributed by atoms with Gasteiger partial charge in [0.1, 0.15) is 11.3 Å². The second-order valence-corrected chi connectivity index (χ2v) is 5.90. The van der Waals surface area contributed by atoms with Gasteiger partial charge in [-0.15, -0.1) is 0 Å². The predicted molar refractivity (Wildman–Crippen MR) is 84.4 cm³/mol. The summed E-state index contributed by atoms with van der Waals surface area (Å²) < 4.78 is 16.0. The minimum Gasteiger partial charge on any atom is -0.484 e. The van der Waals surface area contributed by atoms with E-state index in [9.17, 15) is 4.79 Å². The maximum absolute atomic E-state index is 11.4. The zero-order valence-electron chi connectivity index (χ0n) is 13.3. The molecule has 3 aromatic rings. The van der Waals surface area contributed by atoms with Gasteiger partial charge in [-0.1, -0.05) is 19.0 Å². The van der Waals surface area contributed by atoms with Gasteiger partial charge in [-0.05, 0) is 30.5 Å². The highest BCUT2D eigenvalue weighted by atomic mass is 16.5. The molecule has 0 aliphatic rings. The Kier molecular flexibility index (Phi) is 4.14. The van der Waals surface area contributed by atoms with Crippen LogP contribution in [0.15, 0.2) is 38.0 Å². The Bertz CT molecular complexity index is 880. The first kappa shape index (κ1) is 15.3. The molecule has 0 bridgehead atoms. The van der Waals surface area contributed by atoms with E-state index in [0.717, 1.165) is 17.4 Å². The lowest BCUT2D eigenvalue weighted by Crippen LogP contribution is -2.00. The summed E-state index contributed by atoms with van der Waals surface area (Å²) in [6.45, 7) is 6.23. The molecule has 0 saturated heterocycles. The summed E-state index contributed by atoms with van der Waals surface area (Å²) in [5.41, 5.74) is 0.999. The van der Waals surface area contributed by atoms with Crippen molar-refractivity contribution in [1.29, 1.82) is 0 Å². The molecule has 6 nitrogen and oxygen atoms in total. The molecule has 0 amide bonds. The van der Waals surface area contributed by atoms with Crippen LogP contribution in [0.5, 0.6) is 5.75 Å². The van der Waals surface area contributed by atoms with Gasteiger partial charge in [0.25, 0.3) is 5.89 Å². The normalized spacial score (nSPS) is 11.3. The molecule has 2 aromatic heterocycles. The van der Waals surface area contributed by atoms with E-state index < -0.39 is 0 Å². The number of hydrogen-bond acceptors (Lipinski definition) is 6. The van der Waals surface area contributed by atoms with Crippen LogP contribution in [0.3, 0.4) is 0 Å². The van der Waals surface area contributed by atoms with Gasteiger partial charge in [0, 0.05) is 23.9 Å². The van der Waals surface area contributed by atoms with Gasteiger partial charge in [-0.25, -0.2) is 4.79 Å². The van der Waals surface area contributed by atoms with Gasteiger partial charge < -0.3 is 13.7 Å². The van der Waals surface area contributed by atoms with Crippen LogP contribution in [0, 0.1) is 12.8 Å². The summed E-state index contributed by atoms with van der Waals surface area (Å²) in [5, 5.41) is 4.80. The average molecular weight is 314 g/mol. The third-order valence-electron chi connectivity index (χ3n) is 3.39. The summed E-state index contributed by atoms with van der Waals surface area (Å²) in [6.07, 6.45) is 0.768. The lowest BCUT2D eigenvalue weighted by Gasteiger charge is -2.05. The smallest absolute Gasteiger partial charge is 0.336 e. The van der Waals surface area contributed by atoms with E-state index in [-0.39, 0.29) is 12.2 Å². The van der Waals surface area contributed by atoms with Crippen LogP contribution >= 0.6 is 0 Å². The van der Waals surface area contributed by atoms with E-state index >= 15 is 0 Å². The van der Waals surface area contributed by atoms with Gasteiger partial charge >= 0.3 is 5.63 Å². The highest BCUT2D eigenvalue weighted by Gasteiger charge is 2.09. The summed E-state index contributed by atoms with van der Waals surface area (Å²) in [4.78, 5) is 15.7. The van der Waals surface area contributed by atoms with Gasteiger partial charge in [0.05, 0.1) is 0 Å². The zero-order chi connectivity index (χ0) is 16.4. The van der Waals surface area contributed by atoms with Crippen molar-refractivity contribution in [3.8, 4) is 5.75 Å². The van der Waals surface area contributed by atoms with Crippen molar-refractivity contribution in [3.05, 3.63) is 52.0 Å². The molecule has 0 atom stereocenters. The molecule has 0 saturated carbocycles. The monoisotopic (exact) mass is 314 g/mol. The second-order valence-electron chi connectivity index (χ2n) is 5.90. The lowest BCUT2D eigenvalue weighted by atomic mass is 10.1. The van der Waals surface area contributed by atoms with Gasteiger partial charge in [-0.3, -0.25) is 0 Å². The fraction of sp³-hybridized carbons (Fsp3) is 0.353. The molecule has 0 aliphatic carbocycles. The van der Waals surface area contributed by atoms with Crippen LogP contribution in [0.1, 0.15) is 31.1 Å². The number of aromatic nitrogens is 2. The number of ether oxygens (including phenoxy) is 1. The molecule has 0 spiro atoms. The maximum Gasteiger partial charge on any atom is 0.336 e. The van der Waals surface area contributed by atoms with Crippen molar-refractivity contribution in [2.75, 3.05) is 0 Å². The van der Waals surface area contributed by atoms with Crippen molar-refractivity contribution in [2.24, 2.45) is 5.92 Å². The Labute approximate surface area is 133 Å². The molecule has 0 unspecified atom stereocenters. The Morgan fingerprint density at radius 1 is 1.26 bits per heavy atom. The van der Waals surface area contributed by atoms with Crippen LogP contribution in [0.4, 0.5) is 0 Å². The summed E-state index contributed by atoms with van der Waals surface area (Å²) >= 11 is 0. The molecular formula is C17H18N2O4. The molecule has 3 rings (SSSR count). The molecule has 0 radical (unpaired) electrons. The Balaban J connectivity index is 1.74. The van der Waals surface area contributed by atoms with E-state index in [2.05, 4.69) is 24.0 Å². The zero-order valence-corrected chi connectivity index (χ0v) is 13.3. The second kappa shape index (κ2) is 6.24. The van der Waals surface area contributed by atoms with E-state index in [1.165, 1.54) is 6.07 Å². The highest BCUT2D eigenvalue weighted by molar-refractivity contribution is 5.81. The largest absolute Gasteiger partial charge is 0.484 e. The quantitative estimate of drug-likeness (QED) is 0.673. The lowest BCUT2D eigenvalue weighted by molar-refractivity contribution is 0.242. The van der Waals surface area contributed by atoms with Gasteiger partial charge in [0.15, 0.2) is 12.4 Å². The Hall–Kier alpha value is -2.63. The van der Waals surface area contributed by atoms with Crippen molar-refractivity contribution in [3.63, 3.8) is 0 Å². The molecule has 0 N–H and O–H groups in total. The number of nitrogens with zero attached hydrogens (tertiary/aromatic N) is 2. The molecule has 0 aliphatic heterocycles. The minimum atomic E-state index is -0.373. The van der Waals surface area contributed by atoms with Crippen LogP contribution in [-0.2, 0) is 13.0 Å². The minimum absolute atomic E-state index is 0.173. The third kappa shape index (κ3) is 3.59. The van der Waals surface area contributed by atoms with Crippen molar-refractivity contribution >= 4 is 11.0 Å². The van der Waals surface area contributed by atoms with E-state index in [4.69, 9.17) is 13.7 Å². The predicted octanol–water partition coefficient (Wildman–Crippen LogP) is 3.26. The van der Waals surface area contributed by atoms with E-state index in [1.807, 2.05) is 19.1 Å².